The normalized spacial score (nSPS) is 24.9. The van der Waals surface area contributed by atoms with Crippen molar-refractivity contribution in [2.24, 2.45) is 0 Å². The summed E-state index contributed by atoms with van der Waals surface area (Å²) in [6.45, 7) is 0.431. The van der Waals surface area contributed by atoms with Gasteiger partial charge in [0.2, 0.25) is 0 Å². The van der Waals surface area contributed by atoms with Crippen LogP contribution >= 0.6 is 0 Å². The molecule has 0 radical (unpaired) electrons. The standard InChI is InChI=1S/C10H20N2O6S/c1-10(16,7-13)6-11-19(17,18)12-5-3-2-4-8(12)9(14)15/h8,11,13,16H,2-7H2,1H3,(H,14,15). The van der Waals surface area contributed by atoms with Gasteiger partial charge in [-0.15, -0.1) is 0 Å². The summed E-state index contributed by atoms with van der Waals surface area (Å²) < 4.78 is 27.1. The van der Waals surface area contributed by atoms with Gasteiger partial charge in [-0.25, -0.2) is 0 Å². The van der Waals surface area contributed by atoms with Gasteiger partial charge in [-0.1, -0.05) is 0 Å². The van der Waals surface area contributed by atoms with Crippen LogP contribution in [0.15, 0.2) is 0 Å². The van der Waals surface area contributed by atoms with Crippen LogP contribution in [0.3, 0.4) is 0 Å². The number of carboxylic acid groups (broad SMARTS) is 1. The van der Waals surface area contributed by atoms with Crippen LogP contribution in [0.5, 0.6) is 0 Å². The van der Waals surface area contributed by atoms with E-state index in [-0.39, 0.29) is 19.5 Å². The van der Waals surface area contributed by atoms with E-state index in [1.807, 2.05) is 0 Å². The van der Waals surface area contributed by atoms with E-state index in [1.165, 1.54) is 6.92 Å². The van der Waals surface area contributed by atoms with Crippen LogP contribution in [0.4, 0.5) is 0 Å². The number of nitrogens with zero attached hydrogens (tertiary/aromatic N) is 1. The zero-order valence-corrected chi connectivity index (χ0v) is 11.6. The molecule has 2 atom stereocenters. The average Bonchev–Trinajstić information content (AvgIpc) is 2.37. The van der Waals surface area contributed by atoms with Gasteiger partial charge in [-0.2, -0.15) is 17.4 Å². The first-order valence-corrected chi connectivity index (χ1v) is 7.46. The second kappa shape index (κ2) is 6.14. The predicted molar refractivity (Wildman–Crippen MR) is 66.6 cm³/mol. The molecule has 1 heterocycles. The van der Waals surface area contributed by atoms with Crippen LogP contribution < -0.4 is 4.72 Å². The molecule has 1 fully saturated rings. The van der Waals surface area contributed by atoms with Crippen molar-refractivity contribution in [2.45, 2.75) is 37.8 Å². The SMILES string of the molecule is CC(O)(CO)CNS(=O)(=O)N1CCCCC1C(=O)O. The molecule has 19 heavy (non-hydrogen) atoms. The van der Waals surface area contributed by atoms with Crippen molar-refractivity contribution in [3.8, 4) is 0 Å². The number of hydrogen-bond donors (Lipinski definition) is 4. The number of carbonyl (C=O) groups is 1. The summed E-state index contributed by atoms with van der Waals surface area (Å²) in [7, 11) is -3.99. The fourth-order valence-electron chi connectivity index (χ4n) is 1.82. The molecule has 0 bridgehead atoms. The van der Waals surface area contributed by atoms with Gasteiger partial charge in [0, 0.05) is 13.1 Å². The Morgan fingerprint density at radius 1 is 1.47 bits per heavy atom. The Bertz CT molecular complexity index is 422. The first-order chi connectivity index (χ1) is 8.69. The first kappa shape index (κ1) is 16.3. The van der Waals surface area contributed by atoms with Crippen LogP contribution in [0.2, 0.25) is 0 Å². The van der Waals surface area contributed by atoms with Gasteiger partial charge in [-0.3, -0.25) is 4.79 Å². The third kappa shape index (κ3) is 4.39. The molecule has 4 N–H and O–H groups in total. The smallest absolute Gasteiger partial charge is 0.322 e. The lowest BCUT2D eigenvalue weighted by atomic mass is 10.1. The third-order valence-corrected chi connectivity index (χ3v) is 4.59. The number of carboxylic acids is 1. The Labute approximate surface area is 112 Å². The summed E-state index contributed by atoms with van der Waals surface area (Å²) in [6.07, 6.45) is 1.53. The third-order valence-electron chi connectivity index (χ3n) is 3.02. The molecule has 1 rings (SSSR count). The van der Waals surface area contributed by atoms with E-state index >= 15 is 0 Å². The van der Waals surface area contributed by atoms with Gasteiger partial charge in [0.1, 0.15) is 6.04 Å². The Morgan fingerprint density at radius 3 is 2.63 bits per heavy atom. The summed E-state index contributed by atoms with van der Waals surface area (Å²) >= 11 is 0. The Hall–Kier alpha value is -0.740. The molecule has 0 spiro atoms. The minimum Gasteiger partial charge on any atom is -0.480 e. The number of hydrogen-bond acceptors (Lipinski definition) is 5. The van der Waals surface area contributed by atoms with Gasteiger partial charge in [0.15, 0.2) is 0 Å². The van der Waals surface area contributed by atoms with Crippen LogP contribution in [-0.2, 0) is 15.0 Å². The van der Waals surface area contributed by atoms with E-state index in [4.69, 9.17) is 10.2 Å². The van der Waals surface area contributed by atoms with E-state index in [1.54, 1.807) is 0 Å². The molecule has 0 aromatic heterocycles. The molecule has 9 heteroatoms. The fraction of sp³-hybridized carbons (Fsp3) is 0.900. The van der Waals surface area contributed by atoms with E-state index in [9.17, 15) is 18.3 Å². The van der Waals surface area contributed by atoms with Gasteiger partial charge in [-0.05, 0) is 26.2 Å². The van der Waals surface area contributed by atoms with E-state index in [2.05, 4.69) is 4.72 Å². The number of aliphatic carboxylic acids is 1. The van der Waals surface area contributed by atoms with E-state index < -0.39 is 34.4 Å². The van der Waals surface area contributed by atoms with Crippen LogP contribution in [0.25, 0.3) is 0 Å². The molecule has 8 nitrogen and oxygen atoms in total. The summed E-state index contributed by atoms with van der Waals surface area (Å²) in [5.74, 6) is -1.18. The largest absolute Gasteiger partial charge is 0.480 e. The maximum absolute atomic E-state index is 12.0. The molecular formula is C10H20N2O6S. The molecule has 1 aliphatic rings. The van der Waals surface area contributed by atoms with Crippen molar-refractivity contribution in [2.75, 3.05) is 19.7 Å². The minimum absolute atomic E-state index is 0.133. The second-order valence-corrected chi connectivity index (χ2v) is 6.65. The van der Waals surface area contributed by atoms with E-state index in [0.717, 1.165) is 4.31 Å². The van der Waals surface area contributed by atoms with Crippen molar-refractivity contribution in [3.05, 3.63) is 0 Å². The highest BCUT2D eigenvalue weighted by Gasteiger charge is 2.37. The summed E-state index contributed by atoms with van der Waals surface area (Å²) in [5.41, 5.74) is -1.58. The summed E-state index contributed by atoms with van der Waals surface area (Å²) in [4.78, 5) is 11.0. The molecular weight excluding hydrogens is 276 g/mol. The molecule has 1 saturated heterocycles. The van der Waals surface area contributed by atoms with Crippen LogP contribution in [0.1, 0.15) is 26.2 Å². The number of aliphatic hydroxyl groups excluding tert-OH is 1. The van der Waals surface area contributed by atoms with Crippen molar-refractivity contribution >= 4 is 16.2 Å². The first-order valence-electron chi connectivity index (χ1n) is 6.02. The molecule has 0 aliphatic carbocycles. The Morgan fingerprint density at radius 2 is 2.11 bits per heavy atom. The highest BCUT2D eigenvalue weighted by Crippen LogP contribution is 2.20. The average molecular weight is 296 g/mol. The lowest BCUT2D eigenvalue weighted by molar-refractivity contribution is -0.142. The summed E-state index contributed by atoms with van der Waals surface area (Å²) in [6, 6.07) is -1.08. The number of aliphatic hydroxyl groups is 2. The minimum atomic E-state index is -3.99. The second-order valence-electron chi connectivity index (χ2n) is 4.94. The lowest BCUT2D eigenvalue weighted by Gasteiger charge is -2.32. The quantitative estimate of drug-likeness (QED) is 0.472. The monoisotopic (exact) mass is 296 g/mol. The number of rotatable bonds is 6. The zero-order chi connectivity index (χ0) is 14.7. The van der Waals surface area contributed by atoms with Crippen molar-refractivity contribution < 1.29 is 28.5 Å². The molecule has 112 valence electrons. The van der Waals surface area contributed by atoms with Gasteiger partial charge in [0.25, 0.3) is 10.2 Å². The van der Waals surface area contributed by atoms with Gasteiger partial charge in [0.05, 0.1) is 12.2 Å². The zero-order valence-electron chi connectivity index (χ0n) is 10.7. The molecule has 1 aliphatic heterocycles. The van der Waals surface area contributed by atoms with Gasteiger partial charge < -0.3 is 15.3 Å². The van der Waals surface area contributed by atoms with Crippen molar-refractivity contribution in [1.29, 1.82) is 0 Å². The molecule has 0 saturated carbocycles. The van der Waals surface area contributed by atoms with Crippen LogP contribution in [0, 0.1) is 0 Å². The maximum atomic E-state index is 12.0. The number of nitrogens with one attached hydrogen (secondary N) is 1. The van der Waals surface area contributed by atoms with Gasteiger partial charge >= 0.3 is 5.97 Å². The van der Waals surface area contributed by atoms with Crippen molar-refractivity contribution in [1.82, 2.24) is 9.03 Å². The summed E-state index contributed by atoms with van der Waals surface area (Å²) in [5, 5.41) is 27.4. The molecule has 0 aromatic carbocycles. The molecule has 0 amide bonds. The molecule has 2 unspecified atom stereocenters. The fourth-order valence-corrected chi connectivity index (χ4v) is 3.38. The predicted octanol–water partition coefficient (Wildman–Crippen LogP) is -1.50. The Balaban J connectivity index is 2.77. The topological polar surface area (TPSA) is 127 Å². The Kier molecular flexibility index (Phi) is 5.27. The lowest BCUT2D eigenvalue weighted by Crippen LogP contribution is -2.54. The highest BCUT2D eigenvalue weighted by molar-refractivity contribution is 7.87. The number of piperidine rings is 1. The van der Waals surface area contributed by atoms with E-state index in [0.29, 0.717) is 12.8 Å². The highest BCUT2D eigenvalue weighted by atomic mass is 32.2. The van der Waals surface area contributed by atoms with Crippen molar-refractivity contribution in [3.63, 3.8) is 0 Å². The van der Waals surface area contributed by atoms with Crippen LogP contribution in [-0.4, -0.2) is 65.4 Å². The molecule has 0 aromatic rings. The maximum Gasteiger partial charge on any atom is 0.322 e.